The fourth-order valence-corrected chi connectivity index (χ4v) is 1.72. The molecule has 1 aliphatic heterocycles. The van der Waals surface area contributed by atoms with Gasteiger partial charge in [0.25, 0.3) is 0 Å². The van der Waals surface area contributed by atoms with Crippen LogP contribution in [0, 0.1) is 0 Å². The largest absolute Gasteiger partial charge is 0.394 e. The van der Waals surface area contributed by atoms with E-state index in [-0.39, 0.29) is 0 Å². The molecule has 0 aromatic rings. The third kappa shape index (κ3) is 2.71. The molecule has 1 aliphatic rings. The summed E-state index contributed by atoms with van der Waals surface area (Å²) in [5.41, 5.74) is -0.504. The van der Waals surface area contributed by atoms with Crippen molar-refractivity contribution in [3.8, 4) is 0 Å². The molecule has 1 saturated heterocycles. The molecule has 4 N–H and O–H groups in total. The van der Waals surface area contributed by atoms with Gasteiger partial charge in [-0.25, -0.2) is 0 Å². The summed E-state index contributed by atoms with van der Waals surface area (Å²) < 4.78 is 5.56. The molecule has 6 heteroatoms. The third-order valence-electron chi connectivity index (χ3n) is 3.12. The van der Waals surface area contributed by atoms with Gasteiger partial charge in [-0.1, -0.05) is 0 Å². The Balaban J connectivity index is 2.60. The van der Waals surface area contributed by atoms with E-state index >= 15 is 0 Å². The Morgan fingerprint density at radius 3 is 2.31 bits per heavy atom. The predicted octanol–water partition coefficient (Wildman–Crippen LogP) is -1.87. The lowest BCUT2D eigenvalue weighted by Crippen LogP contribution is -2.47. The minimum atomic E-state index is -1.41. The first-order chi connectivity index (χ1) is 7.29. The maximum absolute atomic E-state index is 9.80. The Hall–Kier alpha value is -0.240. The summed E-state index contributed by atoms with van der Waals surface area (Å²) in [7, 11) is 1.85. The van der Waals surface area contributed by atoms with Crippen LogP contribution in [0.2, 0.25) is 0 Å². The van der Waals surface area contributed by atoms with Gasteiger partial charge in [-0.15, -0.1) is 0 Å². The average molecular weight is 235 g/mol. The van der Waals surface area contributed by atoms with Gasteiger partial charge in [0.2, 0.25) is 0 Å². The van der Waals surface area contributed by atoms with Crippen LogP contribution in [-0.4, -0.2) is 75.7 Å². The highest BCUT2D eigenvalue weighted by atomic mass is 16.6. The molecule has 0 bridgehead atoms. The Morgan fingerprint density at radius 2 is 1.94 bits per heavy atom. The number of hydrogen-bond donors (Lipinski definition) is 4. The van der Waals surface area contributed by atoms with Crippen LogP contribution in [0.15, 0.2) is 0 Å². The van der Waals surface area contributed by atoms with Crippen LogP contribution in [0.5, 0.6) is 0 Å². The fourth-order valence-electron chi connectivity index (χ4n) is 1.72. The van der Waals surface area contributed by atoms with E-state index in [2.05, 4.69) is 0 Å². The van der Waals surface area contributed by atoms with Crippen molar-refractivity contribution in [1.29, 1.82) is 0 Å². The molecule has 0 spiro atoms. The number of rotatable bonds is 4. The van der Waals surface area contributed by atoms with Crippen molar-refractivity contribution in [2.45, 2.75) is 44.0 Å². The van der Waals surface area contributed by atoms with Crippen LogP contribution in [0.3, 0.4) is 0 Å². The van der Waals surface area contributed by atoms with Crippen molar-refractivity contribution < 1.29 is 25.2 Å². The normalized spacial score (nSPS) is 31.3. The van der Waals surface area contributed by atoms with Crippen LogP contribution >= 0.6 is 0 Å². The molecule has 1 rings (SSSR count). The molecule has 1 heterocycles. The molecule has 16 heavy (non-hydrogen) atoms. The molecular weight excluding hydrogens is 214 g/mol. The molecule has 4 atom stereocenters. The maximum Gasteiger partial charge on any atom is 0.116 e. The number of nitrogens with zero attached hydrogens (tertiary/aromatic N) is 1. The lowest BCUT2D eigenvalue weighted by atomic mass is 10.0. The lowest BCUT2D eigenvalue weighted by molar-refractivity contribution is -0.146. The summed E-state index contributed by atoms with van der Waals surface area (Å²) in [5, 5.41) is 37.2. The van der Waals surface area contributed by atoms with Gasteiger partial charge < -0.3 is 25.2 Å². The SMILES string of the molecule is CN1C[C@@H]([C@@H](O)[C@H](O)[C@H](O)CO)OC1(C)C. The Kier molecular flexibility index (Phi) is 4.28. The molecule has 0 saturated carbocycles. The van der Waals surface area contributed by atoms with E-state index in [0.29, 0.717) is 6.54 Å². The lowest BCUT2D eigenvalue weighted by Gasteiger charge is -2.27. The third-order valence-corrected chi connectivity index (χ3v) is 3.12. The highest BCUT2D eigenvalue weighted by Crippen LogP contribution is 2.27. The van der Waals surface area contributed by atoms with Crippen molar-refractivity contribution in [1.82, 2.24) is 4.90 Å². The summed E-state index contributed by atoms with van der Waals surface area (Å²) in [4.78, 5) is 1.90. The predicted molar refractivity (Wildman–Crippen MR) is 56.7 cm³/mol. The van der Waals surface area contributed by atoms with Gasteiger partial charge in [0.15, 0.2) is 0 Å². The van der Waals surface area contributed by atoms with Gasteiger partial charge in [-0.3, -0.25) is 4.90 Å². The number of aliphatic hydroxyl groups excluding tert-OH is 4. The highest BCUT2D eigenvalue weighted by molar-refractivity contribution is 4.90. The van der Waals surface area contributed by atoms with Gasteiger partial charge in [-0.2, -0.15) is 0 Å². The van der Waals surface area contributed by atoms with E-state index in [1.807, 2.05) is 25.8 Å². The van der Waals surface area contributed by atoms with E-state index in [9.17, 15) is 15.3 Å². The number of ether oxygens (including phenoxy) is 1. The average Bonchev–Trinajstić information content (AvgIpc) is 2.50. The molecular formula is C10H21NO5. The zero-order chi connectivity index (χ0) is 12.5. The van der Waals surface area contributed by atoms with Crippen LogP contribution in [-0.2, 0) is 4.74 Å². The molecule has 96 valence electrons. The zero-order valence-corrected chi connectivity index (χ0v) is 9.87. The van der Waals surface area contributed by atoms with Crippen molar-refractivity contribution in [2.24, 2.45) is 0 Å². The van der Waals surface area contributed by atoms with Crippen LogP contribution in [0.4, 0.5) is 0 Å². The highest BCUT2D eigenvalue weighted by Gasteiger charge is 2.43. The molecule has 0 aromatic carbocycles. The van der Waals surface area contributed by atoms with Gasteiger partial charge in [0.1, 0.15) is 30.1 Å². The Morgan fingerprint density at radius 1 is 1.38 bits per heavy atom. The minimum absolute atomic E-state index is 0.462. The number of likely N-dealkylation sites (N-methyl/N-ethyl adjacent to an activating group) is 1. The van der Waals surface area contributed by atoms with Crippen LogP contribution in [0.25, 0.3) is 0 Å². The van der Waals surface area contributed by atoms with Crippen molar-refractivity contribution in [3.63, 3.8) is 0 Å². The Labute approximate surface area is 95.1 Å². The number of aliphatic hydroxyl groups is 4. The standard InChI is InChI=1S/C10H21NO5/c1-10(2)11(3)4-7(16-10)9(15)8(14)6(13)5-12/h6-9,12-15H,4-5H2,1-3H3/t6-,7+,8-,9-/m1/s1. The summed E-state index contributed by atoms with van der Waals surface area (Å²) in [6, 6.07) is 0. The van der Waals surface area contributed by atoms with E-state index in [4.69, 9.17) is 9.84 Å². The van der Waals surface area contributed by atoms with Crippen LogP contribution in [0.1, 0.15) is 13.8 Å². The summed E-state index contributed by atoms with van der Waals surface area (Å²) in [6.45, 7) is 3.58. The Bertz CT molecular complexity index is 235. The van der Waals surface area contributed by atoms with E-state index in [1.54, 1.807) is 0 Å². The molecule has 0 amide bonds. The second-order valence-electron chi connectivity index (χ2n) is 4.71. The first kappa shape index (κ1) is 13.8. The van der Waals surface area contributed by atoms with E-state index in [0.717, 1.165) is 0 Å². The summed E-state index contributed by atoms with van der Waals surface area (Å²) >= 11 is 0. The quantitative estimate of drug-likeness (QED) is 0.456. The summed E-state index contributed by atoms with van der Waals surface area (Å²) in [6.07, 6.45) is -4.55. The van der Waals surface area contributed by atoms with E-state index < -0.39 is 36.7 Å². The second kappa shape index (κ2) is 4.95. The first-order valence-corrected chi connectivity index (χ1v) is 5.33. The van der Waals surface area contributed by atoms with Gasteiger partial charge >= 0.3 is 0 Å². The van der Waals surface area contributed by atoms with Crippen molar-refractivity contribution in [3.05, 3.63) is 0 Å². The topological polar surface area (TPSA) is 93.4 Å². The smallest absolute Gasteiger partial charge is 0.116 e. The molecule has 0 unspecified atom stereocenters. The molecule has 0 aliphatic carbocycles. The maximum atomic E-state index is 9.80. The molecule has 0 aromatic heterocycles. The molecule has 0 radical (unpaired) electrons. The van der Waals surface area contributed by atoms with Crippen molar-refractivity contribution >= 4 is 0 Å². The molecule has 6 nitrogen and oxygen atoms in total. The minimum Gasteiger partial charge on any atom is -0.394 e. The zero-order valence-electron chi connectivity index (χ0n) is 9.87. The number of hydrogen-bond acceptors (Lipinski definition) is 6. The van der Waals surface area contributed by atoms with Crippen molar-refractivity contribution in [2.75, 3.05) is 20.2 Å². The van der Waals surface area contributed by atoms with Crippen LogP contribution < -0.4 is 0 Å². The first-order valence-electron chi connectivity index (χ1n) is 5.33. The summed E-state index contributed by atoms with van der Waals surface area (Å²) in [5.74, 6) is 0. The van der Waals surface area contributed by atoms with Gasteiger partial charge in [0, 0.05) is 6.54 Å². The fraction of sp³-hybridized carbons (Fsp3) is 1.00. The monoisotopic (exact) mass is 235 g/mol. The van der Waals surface area contributed by atoms with Gasteiger partial charge in [-0.05, 0) is 20.9 Å². The second-order valence-corrected chi connectivity index (χ2v) is 4.71. The molecule has 1 fully saturated rings. The van der Waals surface area contributed by atoms with Gasteiger partial charge in [0.05, 0.1) is 6.61 Å². The van der Waals surface area contributed by atoms with E-state index in [1.165, 1.54) is 0 Å².